The van der Waals surface area contributed by atoms with Gasteiger partial charge in [-0.3, -0.25) is 0 Å². The van der Waals surface area contributed by atoms with Crippen molar-refractivity contribution in [1.82, 2.24) is 4.57 Å². The number of hydrogen-bond acceptors (Lipinski definition) is 2. The Kier molecular flexibility index (Phi) is 3.29. The molecule has 16 heavy (non-hydrogen) atoms. The Balaban J connectivity index is 2.44. The molecule has 4 heteroatoms. The lowest BCUT2D eigenvalue weighted by Crippen LogP contribution is -1.98. The van der Waals surface area contributed by atoms with Gasteiger partial charge in [-0.25, -0.2) is 4.79 Å². The molecule has 2 rings (SSSR count). The number of benzene rings is 1. The zero-order valence-electron chi connectivity index (χ0n) is 8.94. The Morgan fingerprint density at radius 1 is 1.44 bits per heavy atom. The van der Waals surface area contributed by atoms with Crippen LogP contribution in [0.2, 0.25) is 0 Å². The highest BCUT2D eigenvalue weighted by molar-refractivity contribution is 9.06. The minimum absolute atomic E-state index is 0.370. The van der Waals surface area contributed by atoms with Crippen molar-refractivity contribution in [3.05, 3.63) is 36.0 Å². The van der Waals surface area contributed by atoms with E-state index in [1.807, 2.05) is 24.4 Å². The maximum atomic E-state index is 11.3. The average molecular weight is 282 g/mol. The van der Waals surface area contributed by atoms with Gasteiger partial charge < -0.3 is 8.40 Å². The normalized spacial score (nSPS) is 10.6. The molecule has 0 saturated heterocycles. The fourth-order valence-corrected chi connectivity index (χ4v) is 1.99. The Hall–Kier alpha value is -1.29. The summed E-state index contributed by atoms with van der Waals surface area (Å²) in [6, 6.07) is 7.57. The van der Waals surface area contributed by atoms with Gasteiger partial charge in [0.15, 0.2) is 16.3 Å². The fraction of sp³-hybridized carbons (Fsp3) is 0.250. The number of halogens is 1. The molecule has 1 aromatic heterocycles. The number of carbonyl (C=O) groups excluding carboxylic acids is 1. The summed E-state index contributed by atoms with van der Waals surface area (Å²) in [6.45, 7) is 3.13. The second kappa shape index (κ2) is 4.70. The predicted octanol–water partition coefficient (Wildman–Crippen LogP) is 3.52. The maximum Gasteiger partial charge on any atom is 0.349 e. The van der Waals surface area contributed by atoms with Crippen molar-refractivity contribution >= 4 is 33.1 Å². The second-order valence-corrected chi connectivity index (χ2v) is 3.97. The van der Waals surface area contributed by atoms with Gasteiger partial charge in [0, 0.05) is 23.6 Å². The summed E-state index contributed by atoms with van der Waals surface area (Å²) in [5, 5.41) is 1.06. The van der Waals surface area contributed by atoms with Crippen LogP contribution in [0.4, 0.5) is 0 Å². The number of aromatic nitrogens is 1. The number of rotatable bonds is 3. The van der Waals surface area contributed by atoms with E-state index >= 15 is 0 Å². The highest BCUT2D eigenvalue weighted by Crippen LogP contribution is 2.19. The van der Waals surface area contributed by atoms with Crippen LogP contribution in [0.5, 0.6) is 0 Å². The van der Waals surface area contributed by atoms with Gasteiger partial charge in [0.25, 0.3) is 0 Å². The van der Waals surface area contributed by atoms with Crippen molar-refractivity contribution in [3.8, 4) is 0 Å². The predicted molar refractivity (Wildman–Crippen MR) is 66.6 cm³/mol. The lowest BCUT2D eigenvalue weighted by Gasteiger charge is -2.03. The molecular formula is C12H12BrNO2. The first-order valence-electron chi connectivity index (χ1n) is 5.18. The van der Waals surface area contributed by atoms with Gasteiger partial charge in [0.1, 0.15) is 0 Å². The van der Waals surface area contributed by atoms with Crippen molar-refractivity contribution in [2.75, 3.05) is 0 Å². The number of nitrogens with zero attached hydrogens (tertiary/aromatic N) is 1. The molecule has 3 nitrogen and oxygen atoms in total. The molecule has 1 aromatic carbocycles. The summed E-state index contributed by atoms with van der Waals surface area (Å²) in [6.07, 6.45) is 3.13. The molecule has 0 aliphatic heterocycles. The minimum Gasteiger partial charge on any atom is -0.380 e. The van der Waals surface area contributed by atoms with Gasteiger partial charge >= 0.3 is 5.97 Å². The maximum absolute atomic E-state index is 11.3. The van der Waals surface area contributed by atoms with E-state index in [4.69, 9.17) is 0 Å². The first-order valence-corrected chi connectivity index (χ1v) is 5.83. The molecule has 0 aliphatic rings. The molecule has 0 amide bonds. The highest BCUT2D eigenvalue weighted by Gasteiger charge is 2.08. The Bertz CT molecular complexity index is 519. The largest absolute Gasteiger partial charge is 0.380 e. The van der Waals surface area contributed by atoms with Crippen molar-refractivity contribution in [1.29, 1.82) is 0 Å². The van der Waals surface area contributed by atoms with Crippen molar-refractivity contribution < 1.29 is 8.62 Å². The molecule has 84 valence electrons. The van der Waals surface area contributed by atoms with E-state index in [0.29, 0.717) is 5.56 Å². The lowest BCUT2D eigenvalue weighted by molar-refractivity contribution is 0.0782. The molecule has 0 aliphatic carbocycles. The van der Waals surface area contributed by atoms with E-state index in [9.17, 15) is 4.79 Å². The number of hydrogen-bond donors (Lipinski definition) is 0. The third-order valence-corrected chi connectivity index (χ3v) is 2.84. The zero-order valence-corrected chi connectivity index (χ0v) is 10.5. The first-order chi connectivity index (χ1) is 7.76. The summed E-state index contributed by atoms with van der Waals surface area (Å²) >= 11 is 2.69. The third-order valence-electron chi connectivity index (χ3n) is 2.54. The molecule has 0 saturated carbocycles. The molecule has 0 unspecified atom stereocenters. The Morgan fingerprint density at radius 2 is 2.25 bits per heavy atom. The summed E-state index contributed by atoms with van der Waals surface area (Å²) in [5.74, 6) is -0.370. The third kappa shape index (κ3) is 1.97. The van der Waals surface area contributed by atoms with E-state index < -0.39 is 0 Å². The van der Waals surface area contributed by atoms with Gasteiger partial charge in [-0.15, -0.1) is 0 Å². The van der Waals surface area contributed by atoms with Gasteiger partial charge in [0.05, 0.1) is 5.56 Å². The van der Waals surface area contributed by atoms with E-state index in [1.54, 1.807) is 6.07 Å². The molecule has 0 spiro atoms. The molecule has 0 atom stereocenters. The molecule has 1 heterocycles. The Labute approximate surface area is 102 Å². The monoisotopic (exact) mass is 281 g/mol. The van der Waals surface area contributed by atoms with Gasteiger partial charge in [-0.2, -0.15) is 0 Å². The fourth-order valence-electron chi connectivity index (χ4n) is 1.81. The van der Waals surface area contributed by atoms with Crippen LogP contribution in [0, 0.1) is 0 Å². The van der Waals surface area contributed by atoms with Crippen molar-refractivity contribution in [3.63, 3.8) is 0 Å². The van der Waals surface area contributed by atoms with Crippen LogP contribution >= 0.6 is 16.3 Å². The zero-order chi connectivity index (χ0) is 11.5. The van der Waals surface area contributed by atoms with Crippen LogP contribution in [-0.4, -0.2) is 10.5 Å². The van der Waals surface area contributed by atoms with Crippen molar-refractivity contribution in [2.45, 2.75) is 19.9 Å². The van der Waals surface area contributed by atoms with Crippen LogP contribution < -0.4 is 0 Å². The molecule has 0 N–H and O–H groups in total. The summed E-state index contributed by atoms with van der Waals surface area (Å²) < 4.78 is 6.69. The number of aryl methyl sites for hydroxylation is 1. The highest BCUT2D eigenvalue weighted by atomic mass is 79.9. The van der Waals surface area contributed by atoms with Gasteiger partial charge in [0.2, 0.25) is 0 Å². The van der Waals surface area contributed by atoms with Crippen molar-refractivity contribution in [2.24, 2.45) is 0 Å². The van der Waals surface area contributed by atoms with E-state index in [1.165, 1.54) is 0 Å². The van der Waals surface area contributed by atoms with Gasteiger partial charge in [-0.05, 0) is 30.7 Å². The average Bonchev–Trinajstić information content (AvgIpc) is 2.71. The molecule has 0 fully saturated rings. The van der Waals surface area contributed by atoms with Gasteiger partial charge in [-0.1, -0.05) is 6.92 Å². The second-order valence-electron chi connectivity index (χ2n) is 3.65. The lowest BCUT2D eigenvalue weighted by atomic mass is 10.1. The van der Waals surface area contributed by atoms with Crippen LogP contribution in [0.15, 0.2) is 30.5 Å². The molecule has 0 radical (unpaired) electrons. The summed E-state index contributed by atoms with van der Waals surface area (Å²) in [5.41, 5.74) is 1.70. The topological polar surface area (TPSA) is 31.2 Å². The van der Waals surface area contributed by atoms with Crippen LogP contribution in [0.25, 0.3) is 10.9 Å². The van der Waals surface area contributed by atoms with E-state index in [2.05, 4.69) is 31.6 Å². The van der Waals surface area contributed by atoms with Crippen LogP contribution in [-0.2, 0) is 10.4 Å². The van der Waals surface area contributed by atoms with Crippen LogP contribution in [0.1, 0.15) is 23.7 Å². The molecule has 2 aromatic rings. The molecular weight excluding hydrogens is 270 g/mol. The van der Waals surface area contributed by atoms with E-state index in [-0.39, 0.29) is 5.97 Å². The number of fused-ring (bicyclic) bond motifs is 1. The SMILES string of the molecule is CCCn1ccc2cc(C(=O)OBr)ccc21. The standard InChI is InChI=1S/C12H12BrNO2/c1-2-6-14-7-5-9-8-10(12(15)16-13)3-4-11(9)14/h3-5,7-8H,2,6H2,1H3. The number of carbonyl (C=O) groups is 1. The first kappa shape index (κ1) is 11.2. The Morgan fingerprint density at radius 3 is 2.94 bits per heavy atom. The quantitative estimate of drug-likeness (QED) is 0.862. The van der Waals surface area contributed by atoms with Crippen LogP contribution in [0.3, 0.4) is 0 Å². The summed E-state index contributed by atoms with van der Waals surface area (Å²) in [4.78, 5) is 11.3. The smallest absolute Gasteiger partial charge is 0.349 e. The van der Waals surface area contributed by atoms with E-state index in [0.717, 1.165) is 23.9 Å². The molecule has 0 bridgehead atoms. The minimum atomic E-state index is -0.370. The summed E-state index contributed by atoms with van der Waals surface area (Å²) in [7, 11) is 0.